The van der Waals surface area contributed by atoms with Crippen LogP contribution >= 0.6 is 15.9 Å². The fraction of sp³-hybridized carbons (Fsp3) is 0.571. The average Bonchev–Trinajstić information content (AvgIpc) is 2.27. The molecule has 1 heterocycles. The van der Waals surface area contributed by atoms with Gasteiger partial charge in [0.25, 0.3) is 0 Å². The normalized spacial score (nSPS) is 27.6. The van der Waals surface area contributed by atoms with E-state index in [1.807, 2.05) is 6.07 Å². The molecule has 2 unspecified atom stereocenters. The molecule has 3 nitrogen and oxygen atoms in total. The van der Waals surface area contributed by atoms with E-state index in [1.165, 1.54) is 6.42 Å². The Kier molecular flexibility index (Phi) is 4.23. The molecule has 0 N–H and O–H groups in total. The summed E-state index contributed by atoms with van der Waals surface area (Å²) in [5.74, 6) is 1.96. The second-order valence-corrected chi connectivity index (χ2v) is 6.19. The summed E-state index contributed by atoms with van der Waals surface area (Å²) in [6.07, 6.45) is 5.20. The molecule has 1 fully saturated rings. The van der Waals surface area contributed by atoms with Crippen molar-refractivity contribution in [3.8, 4) is 11.8 Å². The maximum Gasteiger partial charge on any atom is 0.182 e. The summed E-state index contributed by atoms with van der Waals surface area (Å²) in [5, 5.41) is 9.03. The highest BCUT2D eigenvalue weighted by molar-refractivity contribution is 9.10. The zero-order valence-electron chi connectivity index (χ0n) is 10.7. The van der Waals surface area contributed by atoms with Crippen molar-refractivity contribution < 1.29 is 4.74 Å². The topological polar surface area (TPSA) is 45.9 Å². The first-order chi connectivity index (χ1) is 8.58. The average molecular weight is 309 g/mol. The zero-order chi connectivity index (χ0) is 13.1. The number of nitrogens with zero attached hydrogens (tertiary/aromatic N) is 2. The lowest BCUT2D eigenvalue weighted by atomic mass is 9.82. The molecule has 1 saturated carbocycles. The minimum Gasteiger partial charge on any atom is -0.487 e. The summed E-state index contributed by atoms with van der Waals surface area (Å²) in [6, 6.07) is 3.91. The molecule has 1 aromatic heterocycles. The number of hydrogen-bond donors (Lipinski definition) is 0. The molecular weight excluding hydrogens is 292 g/mol. The van der Waals surface area contributed by atoms with Crippen LogP contribution in [-0.4, -0.2) is 11.1 Å². The van der Waals surface area contributed by atoms with E-state index in [-0.39, 0.29) is 6.10 Å². The number of nitriles is 1. The Bertz CT molecular complexity index is 459. The fourth-order valence-electron chi connectivity index (χ4n) is 2.74. The minimum atomic E-state index is 0.201. The molecule has 2 rings (SSSR count). The Morgan fingerprint density at radius 1 is 1.33 bits per heavy atom. The van der Waals surface area contributed by atoms with Crippen molar-refractivity contribution in [2.75, 3.05) is 0 Å². The van der Waals surface area contributed by atoms with Crippen LogP contribution in [0.4, 0.5) is 0 Å². The molecular formula is C14H17BrN2O. The molecule has 18 heavy (non-hydrogen) atoms. The highest BCUT2D eigenvalue weighted by Gasteiger charge is 2.26. The van der Waals surface area contributed by atoms with Crippen LogP contribution in [-0.2, 0) is 0 Å². The quantitative estimate of drug-likeness (QED) is 0.832. The van der Waals surface area contributed by atoms with Gasteiger partial charge in [0.05, 0.1) is 6.10 Å². The predicted octanol–water partition coefficient (Wildman–Crippen LogP) is 3.92. The van der Waals surface area contributed by atoms with Crippen molar-refractivity contribution in [3.05, 3.63) is 22.4 Å². The maximum atomic E-state index is 9.03. The molecule has 0 saturated heterocycles. The smallest absolute Gasteiger partial charge is 0.182 e. The van der Waals surface area contributed by atoms with E-state index in [0.717, 1.165) is 17.3 Å². The number of hydrogen-bond acceptors (Lipinski definition) is 3. The Hall–Kier alpha value is -1.08. The Balaban J connectivity index is 2.13. The fourth-order valence-corrected chi connectivity index (χ4v) is 3.05. The van der Waals surface area contributed by atoms with E-state index in [2.05, 4.69) is 40.8 Å². The summed E-state index contributed by atoms with van der Waals surface area (Å²) in [5.41, 5.74) is 0.365. The van der Waals surface area contributed by atoms with Crippen LogP contribution in [0.25, 0.3) is 0 Å². The van der Waals surface area contributed by atoms with Crippen molar-refractivity contribution in [1.82, 2.24) is 4.98 Å². The molecule has 0 aliphatic heterocycles. The molecule has 2 atom stereocenters. The third-order valence-electron chi connectivity index (χ3n) is 3.35. The lowest BCUT2D eigenvalue weighted by Crippen LogP contribution is -2.28. The Morgan fingerprint density at radius 2 is 2.00 bits per heavy atom. The molecule has 0 spiro atoms. The largest absolute Gasteiger partial charge is 0.487 e. The number of ether oxygens (including phenoxy) is 1. The van der Waals surface area contributed by atoms with Crippen LogP contribution in [0.5, 0.6) is 5.75 Å². The van der Waals surface area contributed by atoms with Gasteiger partial charge in [0, 0.05) is 10.7 Å². The molecule has 0 amide bonds. The van der Waals surface area contributed by atoms with Crippen LogP contribution in [0.1, 0.15) is 38.8 Å². The summed E-state index contributed by atoms with van der Waals surface area (Å²) >= 11 is 3.36. The van der Waals surface area contributed by atoms with E-state index < -0.39 is 0 Å². The van der Waals surface area contributed by atoms with E-state index in [9.17, 15) is 0 Å². The third kappa shape index (κ3) is 3.23. The number of pyridine rings is 1. The van der Waals surface area contributed by atoms with Gasteiger partial charge in [-0.3, -0.25) is 0 Å². The summed E-state index contributed by atoms with van der Waals surface area (Å²) in [6.45, 7) is 4.52. The monoisotopic (exact) mass is 308 g/mol. The van der Waals surface area contributed by atoms with Crippen LogP contribution in [0, 0.1) is 23.2 Å². The first-order valence-corrected chi connectivity index (χ1v) is 7.10. The van der Waals surface area contributed by atoms with Gasteiger partial charge in [0.2, 0.25) is 0 Å². The number of aromatic nitrogens is 1. The van der Waals surface area contributed by atoms with Gasteiger partial charge >= 0.3 is 0 Å². The summed E-state index contributed by atoms with van der Waals surface area (Å²) < 4.78 is 6.83. The van der Waals surface area contributed by atoms with Gasteiger partial charge in [-0.25, -0.2) is 4.98 Å². The van der Waals surface area contributed by atoms with Gasteiger partial charge in [0.15, 0.2) is 11.4 Å². The SMILES string of the molecule is CC1CC(C)CC(Oc2cc(Br)cnc2C#N)C1. The summed E-state index contributed by atoms with van der Waals surface area (Å²) in [7, 11) is 0. The third-order valence-corrected chi connectivity index (χ3v) is 3.79. The highest BCUT2D eigenvalue weighted by atomic mass is 79.9. The second kappa shape index (κ2) is 5.71. The lowest BCUT2D eigenvalue weighted by Gasteiger charge is -2.31. The predicted molar refractivity (Wildman–Crippen MR) is 73.2 cm³/mol. The number of rotatable bonds is 2. The molecule has 1 aliphatic rings. The van der Waals surface area contributed by atoms with Crippen molar-refractivity contribution in [3.63, 3.8) is 0 Å². The summed E-state index contributed by atoms with van der Waals surface area (Å²) in [4.78, 5) is 4.07. The van der Waals surface area contributed by atoms with Crippen molar-refractivity contribution >= 4 is 15.9 Å². The van der Waals surface area contributed by atoms with Crippen LogP contribution in [0.3, 0.4) is 0 Å². The Morgan fingerprint density at radius 3 is 2.61 bits per heavy atom. The van der Waals surface area contributed by atoms with Crippen LogP contribution in [0.15, 0.2) is 16.7 Å². The van der Waals surface area contributed by atoms with Gasteiger partial charge in [-0.05, 0) is 53.1 Å². The van der Waals surface area contributed by atoms with E-state index in [1.54, 1.807) is 6.20 Å². The zero-order valence-corrected chi connectivity index (χ0v) is 12.3. The molecule has 96 valence electrons. The second-order valence-electron chi connectivity index (χ2n) is 5.27. The van der Waals surface area contributed by atoms with Crippen molar-refractivity contribution in [1.29, 1.82) is 5.26 Å². The molecule has 1 aromatic rings. The first-order valence-electron chi connectivity index (χ1n) is 6.30. The van der Waals surface area contributed by atoms with Crippen molar-refractivity contribution in [2.45, 2.75) is 39.2 Å². The van der Waals surface area contributed by atoms with Crippen molar-refractivity contribution in [2.24, 2.45) is 11.8 Å². The van der Waals surface area contributed by atoms with Gasteiger partial charge < -0.3 is 4.74 Å². The van der Waals surface area contributed by atoms with Gasteiger partial charge in [-0.1, -0.05) is 13.8 Å². The van der Waals surface area contributed by atoms with E-state index in [0.29, 0.717) is 23.3 Å². The Labute approximate surface area is 116 Å². The molecule has 0 radical (unpaired) electrons. The molecule has 4 heteroatoms. The van der Waals surface area contributed by atoms with Gasteiger partial charge in [-0.2, -0.15) is 5.26 Å². The van der Waals surface area contributed by atoms with E-state index in [4.69, 9.17) is 10.00 Å². The molecule has 0 aromatic carbocycles. The van der Waals surface area contributed by atoms with Gasteiger partial charge in [0.1, 0.15) is 6.07 Å². The maximum absolute atomic E-state index is 9.03. The number of halogens is 1. The van der Waals surface area contributed by atoms with Crippen LogP contribution < -0.4 is 4.74 Å². The highest BCUT2D eigenvalue weighted by Crippen LogP contribution is 2.32. The minimum absolute atomic E-state index is 0.201. The van der Waals surface area contributed by atoms with E-state index >= 15 is 0 Å². The lowest BCUT2D eigenvalue weighted by molar-refractivity contribution is 0.100. The van der Waals surface area contributed by atoms with Gasteiger partial charge in [-0.15, -0.1) is 0 Å². The van der Waals surface area contributed by atoms with Crippen LogP contribution in [0.2, 0.25) is 0 Å². The standard InChI is InChI=1S/C14H17BrN2O/c1-9-3-10(2)5-12(4-9)18-14-6-11(15)8-17-13(14)7-16/h6,8-10,12H,3-5H2,1-2H3. The molecule has 0 bridgehead atoms. The first kappa shape index (κ1) is 13.4. The molecule has 1 aliphatic carbocycles.